The minimum absolute atomic E-state index is 0.0835. The first-order chi connectivity index (χ1) is 13.6. The van der Waals surface area contributed by atoms with Gasteiger partial charge in [0, 0.05) is 24.1 Å². The Kier molecular flexibility index (Phi) is 4.22. The number of rotatable bonds is 4. The van der Waals surface area contributed by atoms with Crippen LogP contribution >= 0.6 is 0 Å². The molecule has 0 amide bonds. The second-order valence-electron chi connectivity index (χ2n) is 7.87. The molecule has 7 nitrogen and oxygen atoms in total. The number of aromatic hydroxyl groups is 1. The Hall–Kier alpha value is -2.96. The number of ether oxygens (including phenoxy) is 1. The van der Waals surface area contributed by atoms with Crippen LogP contribution in [0.2, 0.25) is 0 Å². The van der Waals surface area contributed by atoms with Crippen molar-refractivity contribution in [2.75, 3.05) is 0 Å². The van der Waals surface area contributed by atoms with Crippen LogP contribution in [-0.2, 0) is 0 Å². The van der Waals surface area contributed by atoms with Gasteiger partial charge in [-0.2, -0.15) is 0 Å². The van der Waals surface area contributed by atoms with Gasteiger partial charge in [-0.1, -0.05) is 12.8 Å². The van der Waals surface area contributed by atoms with Crippen LogP contribution in [0.1, 0.15) is 38.0 Å². The molecule has 2 aliphatic rings. The third-order valence-corrected chi connectivity index (χ3v) is 5.82. The van der Waals surface area contributed by atoms with Gasteiger partial charge in [-0.15, -0.1) is 20.4 Å². The highest BCUT2D eigenvalue weighted by atomic mass is 16.5. The molecule has 2 aromatic heterocycles. The predicted molar refractivity (Wildman–Crippen MR) is 102 cm³/mol. The number of benzene rings is 1. The zero-order valence-corrected chi connectivity index (χ0v) is 15.7. The van der Waals surface area contributed by atoms with Gasteiger partial charge < -0.3 is 14.3 Å². The SMILES string of the molecule is Cc1nnc(-c2ccc(-c3ccc(O[C@H]4C[C@@H]5CC[C@@H](C5)C4)nn3)c(O)c2)o1. The summed E-state index contributed by atoms with van der Waals surface area (Å²) in [6.07, 6.45) is 6.54. The first-order valence-electron chi connectivity index (χ1n) is 9.78. The van der Waals surface area contributed by atoms with Gasteiger partial charge in [-0.05, 0) is 55.4 Å². The van der Waals surface area contributed by atoms with Crippen LogP contribution in [0.25, 0.3) is 22.7 Å². The van der Waals surface area contributed by atoms with Crippen molar-refractivity contribution < 1.29 is 14.3 Å². The molecule has 2 heterocycles. The molecule has 0 saturated heterocycles. The predicted octanol–water partition coefficient (Wildman–Crippen LogP) is 4.17. The Bertz CT molecular complexity index is 974. The maximum atomic E-state index is 10.4. The van der Waals surface area contributed by atoms with E-state index in [2.05, 4.69) is 20.4 Å². The van der Waals surface area contributed by atoms with Crippen LogP contribution in [0.15, 0.2) is 34.7 Å². The summed E-state index contributed by atoms with van der Waals surface area (Å²) in [7, 11) is 0. The molecule has 1 aromatic carbocycles. The minimum Gasteiger partial charge on any atom is -0.507 e. The van der Waals surface area contributed by atoms with Crippen molar-refractivity contribution in [2.24, 2.45) is 11.8 Å². The van der Waals surface area contributed by atoms with E-state index in [0.29, 0.717) is 34.5 Å². The number of phenolic OH excluding ortho intramolecular Hbond substituents is 1. The van der Waals surface area contributed by atoms with E-state index in [9.17, 15) is 5.11 Å². The van der Waals surface area contributed by atoms with Crippen LogP contribution in [-0.4, -0.2) is 31.6 Å². The van der Waals surface area contributed by atoms with Crippen LogP contribution in [0.5, 0.6) is 11.6 Å². The number of fused-ring (bicyclic) bond motifs is 2. The molecule has 0 unspecified atom stereocenters. The summed E-state index contributed by atoms with van der Waals surface area (Å²) in [5, 5.41) is 26.7. The fourth-order valence-corrected chi connectivity index (χ4v) is 4.53. The molecule has 0 spiro atoms. The highest BCUT2D eigenvalue weighted by Crippen LogP contribution is 2.43. The number of aromatic nitrogens is 4. The summed E-state index contributed by atoms with van der Waals surface area (Å²) < 4.78 is 11.5. The molecule has 0 radical (unpaired) electrons. The molecular weight excluding hydrogens is 356 g/mol. The summed E-state index contributed by atoms with van der Waals surface area (Å²) in [5.41, 5.74) is 1.83. The lowest BCUT2D eigenvalue weighted by molar-refractivity contribution is 0.113. The van der Waals surface area contributed by atoms with E-state index in [1.54, 1.807) is 19.1 Å². The zero-order valence-electron chi connectivity index (χ0n) is 15.7. The molecule has 5 rings (SSSR count). The van der Waals surface area contributed by atoms with E-state index in [0.717, 1.165) is 24.7 Å². The van der Waals surface area contributed by atoms with Crippen molar-refractivity contribution in [1.82, 2.24) is 20.4 Å². The van der Waals surface area contributed by atoms with Crippen LogP contribution in [0.4, 0.5) is 0 Å². The average Bonchev–Trinajstić information content (AvgIpc) is 3.27. The third-order valence-electron chi connectivity index (χ3n) is 5.82. The monoisotopic (exact) mass is 378 g/mol. The molecule has 3 aromatic rings. The van der Waals surface area contributed by atoms with E-state index in [1.807, 2.05) is 18.2 Å². The number of nitrogens with zero attached hydrogens (tertiary/aromatic N) is 4. The molecule has 2 saturated carbocycles. The Morgan fingerprint density at radius 2 is 1.79 bits per heavy atom. The lowest BCUT2D eigenvalue weighted by Crippen LogP contribution is -2.26. The van der Waals surface area contributed by atoms with Crippen molar-refractivity contribution in [1.29, 1.82) is 0 Å². The summed E-state index contributed by atoms with van der Waals surface area (Å²) in [6.45, 7) is 1.72. The Labute approximate surface area is 162 Å². The maximum absolute atomic E-state index is 10.4. The number of phenols is 1. The second-order valence-corrected chi connectivity index (χ2v) is 7.87. The van der Waals surface area contributed by atoms with Crippen molar-refractivity contribution in [3.8, 4) is 34.3 Å². The van der Waals surface area contributed by atoms with Gasteiger partial charge in [0.2, 0.25) is 17.7 Å². The summed E-state index contributed by atoms with van der Waals surface area (Å²) >= 11 is 0. The largest absolute Gasteiger partial charge is 0.507 e. The summed E-state index contributed by atoms with van der Waals surface area (Å²) in [5.74, 6) is 3.11. The molecule has 7 heteroatoms. The molecule has 144 valence electrons. The van der Waals surface area contributed by atoms with E-state index in [-0.39, 0.29) is 11.9 Å². The standard InChI is InChI=1S/C21H22N4O3/c1-12-22-25-21(27-12)15-4-5-17(19(26)11-15)18-6-7-20(24-23-18)28-16-9-13-2-3-14(8-13)10-16/h4-7,11,13-14,16,26H,2-3,8-10H2,1H3/t13-,14+,16+. The van der Waals surface area contributed by atoms with Crippen molar-refractivity contribution >= 4 is 0 Å². The van der Waals surface area contributed by atoms with Gasteiger partial charge in [0.05, 0.1) is 5.69 Å². The van der Waals surface area contributed by atoms with Gasteiger partial charge in [0.25, 0.3) is 0 Å². The van der Waals surface area contributed by atoms with E-state index in [4.69, 9.17) is 9.15 Å². The van der Waals surface area contributed by atoms with Gasteiger partial charge >= 0.3 is 0 Å². The van der Waals surface area contributed by atoms with Crippen LogP contribution in [0.3, 0.4) is 0 Å². The van der Waals surface area contributed by atoms with Crippen LogP contribution < -0.4 is 4.74 Å². The molecule has 2 bridgehead atoms. The number of aryl methyl sites for hydroxylation is 1. The van der Waals surface area contributed by atoms with E-state index in [1.165, 1.54) is 19.3 Å². The Balaban J connectivity index is 1.31. The molecular formula is C21H22N4O3. The maximum Gasteiger partial charge on any atom is 0.247 e. The summed E-state index contributed by atoms with van der Waals surface area (Å²) in [4.78, 5) is 0. The van der Waals surface area contributed by atoms with Gasteiger partial charge in [-0.25, -0.2) is 0 Å². The van der Waals surface area contributed by atoms with Gasteiger partial charge in [-0.3, -0.25) is 0 Å². The lowest BCUT2D eigenvalue weighted by atomic mass is 9.87. The minimum atomic E-state index is 0.0835. The van der Waals surface area contributed by atoms with Crippen molar-refractivity contribution in [3.05, 3.63) is 36.2 Å². The molecule has 3 atom stereocenters. The third kappa shape index (κ3) is 3.32. The van der Waals surface area contributed by atoms with Crippen molar-refractivity contribution in [2.45, 2.75) is 45.1 Å². The number of hydrogen-bond donors (Lipinski definition) is 1. The van der Waals surface area contributed by atoms with Crippen molar-refractivity contribution in [3.63, 3.8) is 0 Å². The zero-order chi connectivity index (χ0) is 19.1. The fourth-order valence-electron chi connectivity index (χ4n) is 4.53. The quantitative estimate of drug-likeness (QED) is 0.728. The highest BCUT2D eigenvalue weighted by Gasteiger charge is 2.35. The smallest absolute Gasteiger partial charge is 0.247 e. The number of hydrogen-bond acceptors (Lipinski definition) is 7. The van der Waals surface area contributed by atoms with E-state index < -0.39 is 0 Å². The van der Waals surface area contributed by atoms with E-state index >= 15 is 0 Å². The Morgan fingerprint density at radius 1 is 0.964 bits per heavy atom. The highest BCUT2D eigenvalue weighted by molar-refractivity contribution is 5.71. The fraction of sp³-hybridized carbons (Fsp3) is 0.429. The van der Waals surface area contributed by atoms with Crippen LogP contribution in [0, 0.1) is 18.8 Å². The molecule has 0 aliphatic heterocycles. The first-order valence-corrected chi connectivity index (χ1v) is 9.78. The molecule has 1 N–H and O–H groups in total. The van der Waals surface area contributed by atoms with Gasteiger partial charge in [0.1, 0.15) is 11.9 Å². The molecule has 28 heavy (non-hydrogen) atoms. The topological polar surface area (TPSA) is 94.2 Å². The molecule has 2 aliphatic carbocycles. The lowest BCUT2D eigenvalue weighted by Gasteiger charge is -2.27. The summed E-state index contributed by atoms with van der Waals surface area (Å²) in [6, 6.07) is 8.82. The average molecular weight is 378 g/mol. The molecule has 2 fully saturated rings. The normalized spacial score (nSPS) is 23.7. The second kappa shape index (κ2) is 6.89. The first kappa shape index (κ1) is 17.2. The Morgan fingerprint density at radius 3 is 2.43 bits per heavy atom. The van der Waals surface area contributed by atoms with Gasteiger partial charge in [0.15, 0.2) is 0 Å².